The molecule has 0 heterocycles. The highest BCUT2D eigenvalue weighted by atomic mass is 28.4. The minimum absolute atomic E-state index is 0.0347. The number of hydrogen-bond acceptors (Lipinski definition) is 3. The second kappa shape index (κ2) is 9.21. The van der Waals surface area contributed by atoms with Gasteiger partial charge in [-0.1, -0.05) is 66.7 Å². The molecule has 4 nitrogen and oxygen atoms in total. The van der Waals surface area contributed by atoms with Gasteiger partial charge in [0.2, 0.25) is 0 Å². The maximum atomic E-state index is 13.8. The summed E-state index contributed by atoms with van der Waals surface area (Å²) in [6, 6.07) is 27.9. The smallest absolute Gasteiger partial charge is 0.288 e. The molecule has 4 aromatic carbocycles. The molecule has 7 heteroatoms. The van der Waals surface area contributed by atoms with E-state index in [-0.39, 0.29) is 23.9 Å². The molecule has 0 spiro atoms. The summed E-state index contributed by atoms with van der Waals surface area (Å²) >= 11 is 0. The van der Waals surface area contributed by atoms with Crippen molar-refractivity contribution in [1.29, 1.82) is 0 Å². The van der Waals surface area contributed by atoms with E-state index >= 15 is 0 Å². The second-order valence-electron chi connectivity index (χ2n) is 7.24. The molecule has 0 saturated carbocycles. The Bertz CT molecular complexity index is 1170. The Labute approximate surface area is 185 Å². The van der Waals surface area contributed by atoms with Gasteiger partial charge in [0.05, 0.1) is 17.1 Å². The maximum absolute atomic E-state index is 13.8. The van der Waals surface area contributed by atoms with Crippen LogP contribution in [0.4, 0.5) is 14.5 Å². The summed E-state index contributed by atoms with van der Waals surface area (Å²) < 4.78 is 34.2. The predicted molar refractivity (Wildman–Crippen MR) is 122 cm³/mol. The van der Waals surface area contributed by atoms with Crippen LogP contribution in [0.5, 0.6) is 0 Å². The molecule has 0 atom stereocenters. The third-order valence-corrected chi connectivity index (χ3v) is 9.33. The normalized spacial score (nSPS) is 11.3. The molecular formula is C25H19F2NO3Si. The third-order valence-electron chi connectivity index (χ3n) is 5.31. The number of nitro groups is 1. The van der Waals surface area contributed by atoms with Crippen molar-refractivity contribution in [3.63, 3.8) is 0 Å². The largest absolute Gasteiger partial charge is 0.399 e. The first-order chi connectivity index (χ1) is 15.5. The predicted octanol–water partition coefficient (Wildman–Crippen LogP) is 4.06. The summed E-state index contributed by atoms with van der Waals surface area (Å²) in [5, 5.41) is 13.9. The van der Waals surface area contributed by atoms with Crippen molar-refractivity contribution in [3.8, 4) is 0 Å². The summed E-state index contributed by atoms with van der Waals surface area (Å²) in [4.78, 5) is 11.1. The van der Waals surface area contributed by atoms with E-state index in [4.69, 9.17) is 4.43 Å². The molecule has 0 aliphatic heterocycles. The minimum Gasteiger partial charge on any atom is -0.399 e. The lowest BCUT2D eigenvalue weighted by molar-refractivity contribution is -0.385. The summed E-state index contributed by atoms with van der Waals surface area (Å²) in [5.74, 6) is -0.773. The SMILES string of the molecule is O=[N+]([O-])c1ccccc1CO[Si](c1ccccc1)(c1ccc(F)cc1)c1ccc(F)cc1. The second-order valence-corrected chi connectivity index (χ2v) is 10.6. The van der Waals surface area contributed by atoms with E-state index in [0.29, 0.717) is 5.56 Å². The number of nitrogens with zero attached hydrogens (tertiary/aromatic N) is 1. The molecule has 160 valence electrons. The lowest BCUT2D eigenvalue weighted by atomic mass is 10.2. The monoisotopic (exact) mass is 447 g/mol. The van der Waals surface area contributed by atoms with Gasteiger partial charge in [0.25, 0.3) is 14.0 Å². The first kappa shape index (κ1) is 21.5. The molecule has 0 unspecified atom stereocenters. The number of hydrogen-bond donors (Lipinski definition) is 0. The van der Waals surface area contributed by atoms with Gasteiger partial charge < -0.3 is 4.43 Å². The molecular weight excluding hydrogens is 428 g/mol. The van der Waals surface area contributed by atoms with Gasteiger partial charge in [-0.2, -0.15) is 0 Å². The maximum Gasteiger partial charge on any atom is 0.288 e. The zero-order valence-corrected chi connectivity index (χ0v) is 17.9. The molecule has 4 aromatic rings. The van der Waals surface area contributed by atoms with Crippen LogP contribution in [0.15, 0.2) is 103 Å². The Kier molecular flexibility index (Phi) is 6.20. The molecule has 0 bridgehead atoms. The molecule has 0 aliphatic rings. The van der Waals surface area contributed by atoms with Crippen LogP contribution in [0.2, 0.25) is 0 Å². The molecule has 32 heavy (non-hydrogen) atoms. The van der Waals surface area contributed by atoms with Crippen LogP contribution < -0.4 is 15.6 Å². The summed E-state index contributed by atoms with van der Waals surface area (Å²) in [7, 11) is -3.27. The zero-order chi connectivity index (χ0) is 22.6. The van der Waals surface area contributed by atoms with E-state index in [0.717, 1.165) is 15.6 Å². The van der Waals surface area contributed by atoms with Crippen molar-refractivity contribution < 1.29 is 18.1 Å². The Morgan fingerprint density at radius 1 is 0.688 bits per heavy atom. The molecule has 0 amide bonds. The van der Waals surface area contributed by atoms with Crippen LogP contribution in [0.1, 0.15) is 5.56 Å². The van der Waals surface area contributed by atoms with Crippen LogP contribution in [0.3, 0.4) is 0 Å². The first-order valence-electron chi connectivity index (χ1n) is 9.94. The van der Waals surface area contributed by atoms with E-state index in [1.54, 1.807) is 42.5 Å². The van der Waals surface area contributed by atoms with Crippen LogP contribution in [0.25, 0.3) is 0 Å². The lowest BCUT2D eigenvalue weighted by Gasteiger charge is -2.33. The van der Waals surface area contributed by atoms with Crippen LogP contribution in [-0.2, 0) is 11.0 Å². The fourth-order valence-electron chi connectivity index (χ4n) is 3.79. The van der Waals surface area contributed by atoms with E-state index in [2.05, 4.69) is 0 Å². The number of halogens is 2. The number of nitro benzene ring substituents is 1. The van der Waals surface area contributed by atoms with E-state index in [1.165, 1.54) is 30.3 Å². The molecule has 4 rings (SSSR count). The quantitative estimate of drug-likeness (QED) is 0.186. The average Bonchev–Trinajstić information content (AvgIpc) is 2.82. The van der Waals surface area contributed by atoms with Gasteiger partial charge in [0.15, 0.2) is 0 Å². The lowest BCUT2D eigenvalue weighted by Crippen LogP contribution is -2.69. The Balaban J connectivity index is 1.91. The van der Waals surface area contributed by atoms with Crippen LogP contribution in [0, 0.1) is 21.7 Å². The van der Waals surface area contributed by atoms with Crippen molar-refractivity contribution in [2.45, 2.75) is 6.61 Å². The molecule has 0 radical (unpaired) electrons. The Hall–Kier alpha value is -3.68. The fourth-order valence-corrected chi connectivity index (χ4v) is 7.60. The highest BCUT2D eigenvalue weighted by Gasteiger charge is 2.42. The van der Waals surface area contributed by atoms with Gasteiger partial charge in [0, 0.05) is 6.07 Å². The van der Waals surface area contributed by atoms with E-state index < -0.39 is 13.2 Å². The van der Waals surface area contributed by atoms with Gasteiger partial charge in [-0.05, 0) is 45.9 Å². The summed E-state index contributed by atoms with van der Waals surface area (Å²) in [6.07, 6.45) is 0. The molecule has 0 saturated heterocycles. The van der Waals surface area contributed by atoms with Crippen molar-refractivity contribution in [3.05, 3.63) is 130 Å². The fraction of sp³-hybridized carbons (Fsp3) is 0.0400. The Morgan fingerprint density at radius 3 is 1.69 bits per heavy atom. The number of benzene rings is 4. The van der Waals surface area contributed by atoms with Gasteiger partial charge in [-0.25, -0.2) is 8.78 Å². The zero-order valence-electron chi connectivity index (χ0n) is 16.9. The summed E-state index contributed by atoms with van der Waals surface area (Å²) in [6.45, 7) is -0.0347. The third kappa shape index (κ3) is 4.21. The Morgan fingerprint density at radius 2 is 1.16 bits per heavy atom. The van der Waals surface area contributed by atoms with Crippen molar-refractivity contribution >= 4 is 29.6 Å². The molecule has 0 aromatic heterocycles. The van der Waals surface area contributed by atoms with Crippen LogP contribution in [-0.4, -0.2) is 13.2 Å². The molecule has 0 aliphatic carbocycles. The van der Waals surface area contributed by atoms with Crippen molar-refractivity contribution in [2.75, 3.05) is 0 Å². The van der Waals surface area contributed by atoms with Gasteiger partial charge in [0.1, 0.15) is 11.6 Å². The standard InChI is InChI=1S/C25H19F2NO3Si/c26-20-10-14-23(15-11-20)32(22-7-2-1-3-8-22,24-16-12-21(27)13-17-24)31-18-19-6-4-5-9-25(19)28(29)30/h1-17H,18H2. The highest BCUT2D eigenvalue weighted by molar-refractivity contribution is 7.07. The molecule has 0 N–H and O–H groups in total. The number of rotatable bonds is 7. The van der Waals surface area contributed by atoms with Crippen molar-refractivity contribution in [2.24, 2.45) is 0 Å². The van der Waals surface area contributed by atoms with Gasteiger partial charge in [-0.15, -0.1) is 0 Å². The van der Waals surface area contributed by atoms with Crippen molar-refractivity contribution in [1.82, 2.24) is 0 Å². The van der Waals surface area contributed by atoms with Gasteiger partial charge in [-0.3, -0.25) is 10.1 Å². The van der Waals surface area contributed by atoms with Crippen LogP contribution >= 0.6 is 0 Å². The van der Waals surface area contributed by atoms with Gasteiger partial charge >= 0.3 is 0 Å². The minimum atomic E-state index is -3.27. The van der Waals surface area contributed by atoms with E-state index in [9.17, 15) is 18.9 Å². The first-order valence-corrected chi connectivity index (χ1v) is 11.9. The summed E-state index contributed by atoms with van der Waals surface area (Å²) in [5.41, 5.74) is 0.385. The van der Waals surface area contributed by atoms with E-state index in [1.807, 2.05) is 30.3 Å². The molecule has 0 fully saturated rings. The average molecular weight is 448 g/mol. The highest BCUT2D eigenvalue weighted by Crippen LogP contribution is 2.21. The number of para-hydroxylation sites is 1. The topological polar surface area (TPSA) is 52.4 Å².